The molecule has 16 heavy (non-hydrogen) atoms. The Hall–Kier alpha value is -0.930. The maximum absolute atomic E-state index is 13.0. The fourth-order valence-electron chi connectivity index (χ4n) is 2.32. The van der Waals surface area contributed by atoms with E-state index in [0.717, 1.165) is 25.1 Å². The van der Waals surface area contributed by atoms with Gasteiger partial charge >= 0.3 is 0 Å². The molecule has 1 saturated heterocycles. The molecule has 2 rings (SSSR count). The van der Waals surface area contributed by atoms with Crippen molar-refractivity contribution >= 4 is 0 Å². The molecule has 0 amide bonds. The first kappa shape index (κ1) is 11.6. The monoisotopic (exact) mass is 223 g/mol. The van der Waals surface area contributed by atoms with E-state index in [0.29, 0.717) is 6.42 Å². The largest absolute Gasteiger partial charge is 0.389 e. The van der Waals surface area contributed by atoms with Crippen LogP contribution < -0.4 is 5.32 Å². The average molecular weight is 223 g/mol. The number of hydrogen-bond acceptors (Lipinski definition) is 2. The zero-order chi connectivity index (χ0) is 11.6. The van der Waals surface area contributed by atoms with Crippen LogP contribution in [-0.2, 0) is 6.42 Å². The standard InChI is InChI=1S/C13H18FNO/c1-10-9-15-6-5-13(10,16)8-11-3-2-4-12(14)7-11/h2-4,7,10,15-16H,5-6,8-9H2,1H3. The quantitative estimate of drug-likeness (QED) is 0.800. The van der Waals surface area contributed by atoms with Gasteiger partial charge in [0.1, 0.15) is 5.82 Å². The molecule has 2 unspecified atom stereocenters. The normalized spacial score (nSPS) is 30.3. The highest BCUT2D eigenvalue weighted by Crippen LogP contribution is 2.28. The van der Waals surface area contributed by atoms with Gasteiger partial charge in [-0.3, -0.25) is 0 Å². The van der Waals surface area contributed by atoms with E-state index >= 15 is 0 Å². The first-order valence-corrected chi connectivity index (χ1v) is 5.78. The summed E-state index contributed by atoms with van der Waals surface area (Å²) in [6.45, 7) is 3.69. The number of hydrogen-bond donors (Lipinski definition) is 2. The van der Waals surface area contributed by atoms with E-state index < -0.39 is 5.60 Å². The van der Waals surface area contributed by atoms with Gasteiger partial charge in [-0.25, -0.2) is 4.39 Å². The molecule has 1 aliphatic heterocycles. The highest BCUT2D eigenvalue weighted by atomic mass is 19.1. The Morgan fingerprint density at radius 1 is 1.56 bits per heavy atom. The highest BCUT2D eigenvalue weighted by molar-refractivity contribution is 5.19. The Kier molecular flexibility index (Phi) is 3.26. The number of aliphatic hydroxyl groups is 1. The number of rotatable bonds is 2. The third kappa shape index (κ3) is 2.42. The van der Waals surface area contributed by atoms with Crippen LogP contribution in [0.15, 0.2) is 24.3 Å². The predicted molar refractivity (Wildman–Crippen MR) is 61.7 cm³/mol. The van der Waals surface area contributed by atoms with Gasteiger partial charge in [-0.2, -0.15) is 0 Å². The maximum Gasteiger partial charge on any atom is 0.123 e. The Labute approximate surface area is 95.5 Å². The average Bonchev–Trinajstić information content (AvgIpc) is 2.23. The minimum Gasteiger partial charge on any atom is -0.389 e. The first-order chi connectivity index (χ1) is 7.60. The number of piperidine rings is 1. The molecular weight excluding hydrogens is 205 g/mol. The third-order valence-electron chi connectivity index (χ3n) is 3.50. The van der Waals surface area contributed by atoms with E-state index in [1.165, 1.54) is 12.1 Å². The Balaban J connectivity index is 2.13. The summed E-state index contributed by atoms with van der Waals surface area (Å²) in [7, 11) is 0. The lowest BCUT2D eigenvalue weighted by Crippen LogP contribution is -2.50. The summed E-state index contributed by atoms with van der Waals surface area (Å²) in [5.74, 6) is -0.0350. The number of benzene rings is 1. The van der Waals surface area contributed by atoms with Crippen molar-refractivity contribution in [2.75, 3.05) is 13.1 Å². The van der Waals surface area contributed by atoms with Crippen LogP contribution in [0, 0.1) is 11.7 Å². The van der Waals surface area contributed by atoms with E-state index in [2.05, 4.69) is 5.32 Å². The van der Waals surface area contributed by atoms with E-state index in [-0.39, 0.29) is 11.7 Å². The summed E-state index contributed by atoms with van der Waals surface area (Å²) in [6, 6.07) is 6.50. The summed E-state index contributed by atoms with van der Waals surface area (Å²) < 4.78 is 13.0. The zero-order valence-electron chi connectivity index (χ0n) is 9.54. The second-order valence-electron chi connectivity index (χ2n) is 4.77. The van der Waals surface area contributed by atoms with Crippen molar-refractivity contribution in [3.63, 3.8) is 0 Å². The van der Waals surface area contributed by atoms with Gasteiger partial charge in [-0.1, -0.05) is 19.1 Å². The van der Waals surface area contributed by atoms with Crippen LogP contribution >= 0.6 is 0 Å². The molecule has 1 heterocycles. The third-order valence-corrected chi connectivity index (χ3v) is 3.50. The summed E-state index contributed by atoms with van der Waals surface area (Å²) in [6.07, 6.45) is 1.26. The van der Waals surface area contributed by atoms with Gasteiger partial charge in [-0.05, 0) is 36.6 Å². The molecule has 1 fully saturated rings. The van der Waals surface area contributed by atoms with Gasteiger partial charge < -0.3 is 10.4 Å². The minimum atomic E-state index is -0.695. The molecule has 2 nitrogen and oxygen atoms in total. The zero-order valence-corrected chi connectivity index (χ0v) is 9.54. The van der Waals surface area contributed by atoms with Gasteiger partial charge in [0.15, 0.2) is 0 Å². The molecule has 0 spiro atoms. The molecule has 1 aromatic rings. The van der Waals surface area contributed by atoms with Crippen molar-refractivity contribution in [2.24, 2.45) is 5.92 Å². The van der Waals surface area contributed by atoms with Crippen LogP contribution in [0.1, 0.15) is 18.9 Å². The summed E-state index contributed by atoms with van der Waals surface area (Å²) in [5.41, 5.74) is 0.176. The van der Waals surface area contributed by atoms with E-state index in [4.69, 9.17) is 0 Å². The van der Waals surface area contributed by atoms with Gasteiger partial charge in [0.25, 0.3) is 0 Å². The number of nitrogens with one attached hydrogen (secondary N) is 1. The van der Waals surface area contributed by atoms with Crippen LogP contribution in [0.3, 0.4) is 0 Å². The summed E-state index contributed by atoms with van der Waals surface area (Å²) in [4.78, 5) is 0. The fourth-order valence-corrected chi connectivity index (χ4v) is 2.32. The SMILES string of the molecule is CC1CNCCC1(O)Cc1cccc(F)c1. The molecule has 2 N–H and O–H groups in total. The highest BCUT2D eigenvalue weighted by Gasteiger charge is 2.35. The van der Waals surface area contributed by atoms with E-state index in [1.807, 2.05) is 13.0 Å². The van der Waals surface area contributed by atoms with Crippen LogP contribution in [0.5, 0.6) is 0 Å². The Bertz CT molecular complexity index is 369. The van der Waals surface area contributed by atoms with Crippen molar-refractivity contribution in [3.05, 3.63) is 35.6 Å². The molecular formula is C13H18FNO. The van der Waals surface area contributed by atoms with Crippen molar-refractivity contribution in [2.45, 2.75) is 25.4 Å². The second kappa shape index (κ2) is 4.52. The molecule has 3 heteroatoms. The molecule has 0 bridgehead atoms. The van der Waals surface area contributed by atoms with Crippen molar-refractivity contribution < 1.29 is 9.50 Å². The number of halogens is 1. The lowest BCUT2D eigenvalue weighted by Gasteiger charge is -2.38. The van der Waals surface area contributed by atoms with Crippen LogP contribution in [-0.4, -0.2) is 23.8 Å². The molecule has 0 saturated carbocycles. The summed E-state index contributed by atoms with van der Waals surface area (Å²) in [5, 5.41) is 13.8. The topological polar surface area (TPSA) is 32.3 Å². The van der Waals surface area contributed by atoms with Crippen molar-refractivity contribution in [3.8, 4) is 0 Å². The Morgan fingerprint density at radius 3 is 3.06 bits per heavy atom. The van der Waals surface area contributed by atoms with E-state index in [1.54, 1.807) is 6.07 Å². The lowest BCUT2D eigenvalue weighted by atomic mass is 9.78. The Morgan fingerprint density at radius 2 is 2.38 bits per heavy atom. The van der Waals surface area contributed by atoms with Gasteiger partial charge in [0.05, 0.1) is 5.60 Å². The fraction of sp³-hybridized carbons (Fsp3) is 0.538. The molecule has 1 aliphatic rings. The minimum absolute atomic E-state index is 0.199. The molecule has 0 aliphatic carbocycles. The van der Waals surface area contributed by atoms with E-state index in [9.17, 15) is 9.50 Å². The molecule has 1 aromatic carbocycles. The van der Waals surface area contributed by atoms with Crippen LogP contribution in [0.4, 0.5) is 4.39 Å². The molecule has 2 atom stereocenters. The van der Waals surface area contributed by atoms with Crippen molar-refractivity contribution in [1.82, 2.24) is 5.32 Å². The van der Waals surface area contributed by atoms with Gasteiger partial charge in [0, 0.05) is 13.0 Å². The molecule has 88 valence electrons. The van der Waals surface area contributed by atoms with Gasteiger partial charge in [-0.15, -0.1) is 0 Å². The van der Waals surface area contributed by atoms with Crippen LogP contribution in [0.2, 0.25) is 0 Å². The summed E-state index contributed by atoms with van der Waals surface area (Å²) >= 11 is 0. The predicted octanol–water partition coefficient (Wildman–Crippen LogP) is 1.73. The lowest BCUT2D eigenvalue weighted by molar-refractivity contribution is -0.0329. The second-order valence-corrected chi connectivity index (χ2v) is 4.77. The molecule has 0 aromatic heterocycles. The maximum atomic E-state index is 13.0. The smallest absolute Gasteiger partial charge is 0.123 e. The first-order valence-electron chi connectivity index (χ1n) is 5.78. The molecule has 0 radical (unpaired) electrons. The van der Waals surface area contributed by atoms with Crippen LogP contribution in [0.25, 0.3) is 0 Å². The van der Waals surface area contributed by atoms with Gasteiger partial charge in [0.2, 0.25) is 0 Å². The van der Waals surface area contributed by atoms with Crippen molar-refractivity contribution in [1.29, 1.82) is 0 Å².